The van der Waals surface area contributed by atoms with Crippen molar-refractivity contribution in [2.75, 3.05) is 44.6 Å². The van der Waals surface area contributed by atoms with Gasteiger partial charge >= 0.3 is 0 Å². The van der Waals surface area contributed by atoms with E-state index >= 15 is 0 Å². The van der Waals surface area contributed by atoms with Gasteiger partial charge in [0, 0.05) is 44.7 Å². The monoisotopic (exact) mass is 293 g/mol. The largest absolute Gasteiger partial charge is 0.390 e. The SMILES string of the molecule is Cc1cc2n(n1)CC(CNCC(O)CN1CCCC1)CN2. The molecule has 0 bridgehead atoms. The third-order valence-electron chi connectivity index (χ3n) is 4.39. The molecule has 3 N–H and O–H groups in total. The van der Waals surface area contributed by atoms with Crippen LogP contribution in [0.25, 0.3) is 0 Å². The predicted octanol–water partition coefficient (Wildman–Crippen LogP) is 0.280. The third kappa shape index (κ3) is 3.96. The zero-order chi connectivity index (χ0) is 14.7. The maximum atomic E-state index is 10.1. The minimum atomic E-state index is -0.262. The zero-order valence-electron chi connectivity index (χ0n) is 12.9. The first-order valence-electron chi connectivity index (χ1n) is 8.10. The van der Waals surface area contributed by atoms with E-state index in [4.69, 9.17) is 0 Å². The lowest BCUT2D eigenvalue weighted by Crippen LogP contribution is -2.41. The quantitative estimate of drug-likeness (QED) is 0.703. The Bertz CT molecular complexity index is 455. The first-order chi connectivity index (χ1) is 10.2. The Labute approximate surface area is 126 Å². The molecule has 2 atom stereocenters. The summed E-state index contributed by atoms with van der Waals surface area (Å²) in [5, 5.41) is 21.4. The van der Waals surface area contributed by atoms with Crippen molar-refractivity contribution >= 4 is 5.82 Å². The Morgan fingerprint density at radius 1 is 1.48 bits per heavy atom. The van der Waals surface area contributed by atoms with Crippen LogP contribution in [-0.2, 0) is 6.54 Å². The lowest BCUT2D eigenvalue weighted by atomic mass is 10.1. The van der Waals surface area contributed by atoms with Crippen molar-refractivity contribution in [3.05, 3.63) is 11.8 Å². The Balaban J connectivity index is 1.36. The molecule has 2 unspecified atom stereocenters. The lowest BCUT2D eigenvalue weighted by molar-refractivity contribution is 0.122. The Kier molecular flexibility index (Phi) is 4.77. The zero-order valence-corrected chi connectivity index (χ0v) is 12.9. The molecule has 0 saturated carbocycles. The van der Waals surface area contributed by atoms with E-state index in [0.717, 1.165) is 50.8 Å². The molecular formula is C15H27N5O. The number of nitrogens with one attached hydrogen (secondary N) is 2. The van der Waals surface area contributed by atoms with Gasteiger partial charge in [0.2, 0.25) is 0 Å². The van der Waals surface area contributed by atoms with Crippen molar-refractivity contribution in [1.82, 2.24) is 20.0 Å². The van der Waals surface area contributed by atoms with Crippen LogP contribution in [0.4, 0.5) is 5.82 Å². The first kappa shape index (κ1) is 14.8. The Morgan fingerprint density at radius 2 is 2.29 bits per heavy atom. The van der Waals surface area contributed by atoms with Crippen molar-refractivity contribution in [1.29, 1.82) is 0 Å². The van der Waals surface area contributed by atoms with Gasteiger partial charge in [0.25, 0.3) is 0 Å². The summed E-state index contributed by atoms with van der Waals surface area (Å²) in [5.41, 5.74) is 1.06. The topological polar surface area (TPSA) is 65.3 Å². The van der Waals surface area contributed by atoms with Gasteiger partial charge in [-0.05, 0) is 32.9 Å². The second-order valence-electron chi connectivity index (χ2n) is 6.42. The van der Waals surface area contributed by atoms with Gasteiger partial charge in [-0.25, -0.2) is 4.68 Å². The number of aryl methyl sites for hydroxylation is 1. The molecule has 21 heavy (non-hydrogen) atoms. The molecule has 2 aliphatic rings. The molecule has 1 aromatic heterocycles. The third-order valence-corrected chi connectivity index (χ3v) is 4.39. The van der Waals surface area contributed by atoms with Crippen molar-refractivity contribution < 1.29 is 5.11 Å². The highest BCUT2D eigenvalue weighted by molar-refractivity contribution is 5.38. The van der Waals surface area contributed by atoms with Crippen LogP contribution < -0.4 is 10.6 Å². The first-order valence-corrected chi connectivity index (χ1v) is 8.10. The van der Waals surface area contributed by atoms with Crippen LogP contribution in [-0.4, -0.2) is 65.2 Å². The molecule has 6 heteroatoms. The number of anilines is 1. The Morgan fingerprint density at radius 3 is 3.10 bits per heavy atom. The number of β-amino-alcohol motifs (C(OH)–C–C–N with tert-alkyl or cyclic N) is 1. The van der Waals surface area contributed by atoms with Gasteiger partial charge < -0.3 is 20.6 Å². The molecule has 1 aromatic rings. The molecular weight excluding hydrogens is 266 g/mol. The minimum absolute atomic E-state index is 0.262. The van der Waals surface area contributed by atoms with Gasteiger partial charge in [-0.1, -0.05) is 0 Å². The van der Waals surface area contributed by atoms with Gasteiger partial charge in [0.1, 0.15) is 5.82 Å². The molecule has 0 aliphatic carbocycles. The summed E-state index contributed by atoms with van der Waals surface area (Å²) in [7, 11) is 0. The number of aromatic nitrogens is 2. The van der Waals surface area contributed by atoms with Crippen LogP contribution in [0.15, 0.2) is 6.07 Å². The molecule has 0 aromatic carbocycles. The highest BCUT2D eigenvalue weighted by atomic mass is 16.3. The van der Waals surface area contributed by atoms with E-state index in [-0.39, 0.29) is 6.10 Å². The Hall–Kier alpha value is -1.11. The molecule has 2 aliphatic heterocycles. The fourth-order valence-corrected chi connectivity index (χ4v) is 3.30. The highest BCUT2D eigenvalue weighted by Gasteiger charge is 2.20. The molecule has 3 heterocycles. The summed E-state index contributed by atoms with van der Waals surface area (Å²) in [5.74, 6) is 1.65. The standard InChI is InChI=1S/C15H27N5O/c1-12-6-15-17-8-13(10-20(15)18-12)7-16-9-14(21)11-19-4-2-3-5-19/h6,13-14,16-17,21H,2-5,7-11H2,1H3. The summed E-state index contributed by atoms with van der Waals surface area (Å²) < 4.78 is 2.05. The van der Waals surface area contributed by atoms with Gasteiger partial charge in [-0.2, -0.15) is 5.10 Å². The maximum Gasteiger partial charge on any atom is 0.124 e. The number of hydrogen-bond donors (Lipinski definition) is 3. The van der Waals surface area contributed by atoms with E-state index in [9.17, 15) is 5.11 Å². The van der Waals surface area contributed by atoms with Crippen molar-refractivity contribution in [2.24, 2.45) is 5.92 Å². The van der Waals surface area contributed by atoms with Crippen LogP contribution in [0, 0.1) is 12.8 Å². The normalized spacial score (nSPS) is 23.8. The molecule has 118 valence electrons. The van der Waals surface area contributed by atoms with Gasteiger partial charge in [-0.15, -0.1) is 0 Å². The van der Waals surface area contributed by atoms with E-state index in [2.05, 4.69) is 26.7 Å². The van der Waals surface area contributed by atoms with Crippen molar-refractivity contribution in [3.63, 3.8) is 0 Å². The van der Waals surface area contributed by atoms with E-state index in [0.29, 0.717) is 12.5 Å². The smallest absolute Gasteiger partial charge is 0.124 e. The second-order valence-corrected chi connectivity index (χ2v) is 6.42. The molecule has 0 amide bonds. The summed E-state index contributed by atoms with van der Waals surface area (Å²) >= 11 is 0. The lowest BCUT2D eigenvalue weighted by Gasteiger charge is -2.26. The second kappa shape index (κ2) is 6.77. The minimum Gasteiger partial charge on any atom is -0.390 e. The number of likely N-dealkylation sites (tertiary alicyclic amines) is 1. The average Bonchev–Trinajstić information content (AvgIpc) is 3.06. The molecule has 6 nitrogen and oxygen atoms in total. The van der Waals surface area contributed by atoms with Crippen molar-refractivity contribution in [3.8, 4) is 0 Å². The van der Waals surface area contributed by atoms with Gasteiger partial charge in [0.05, 0.1) is 11.8 Å². The molecule has 0 radical (unpaired) electrons. The highest BCUT2D eigenvalue weighted by Crippen LogP contribution is 2.17. The summed E-state index contributed by atoms with van der Waals surface area (Å²) in [6, 6.07) is 2.09. The van der Waals surface area contributed by atoms with E-state index < -0.39 is 0 Å². The molecule has 3 rings (SSSR count). The van der Waals surface area contributed by atoms with E-state index in [1.54, 1.807) is 0 Å². The number of rotatable bonds is 6. The van der Waals surface area contributed by atoms with Crippen molar-refractivity contribution in [2.45, 2.75) is 32.4 Å². The number of hydrogen-bond acceptors (Lipinski definition) is 5. The van der Waals surface area contributed by atoms with E-state index in [1.807, 2.05) is 11.6 Å². The molecule has 0 spiro atoms. The van der Waals surface area contributed by atoms with Crippen LogP contribution in [0.5, 0.6) is 0 Å². The van der Waals surface area contributed by atoms with Crippen LogP contribution in [0.2, 0.25) is 0 Å². The van der Waals surface area contributed by atoms with Gasteiger partial charge in [0.15, 0.2) is 0 Å². The summed E-state index contributed by atoms with van der Waals surface area (Å²) in [4.78, 5) is 2.35. The predicted molar refractivity (Wildman–Crippen MR) is 83.5 cm³/mol. The summed E-state index contributed by atoms with van der Waals surface area (Å²) in [6.07, 6.45) is 2.29. The number of nitrogens with zero attached hydrogens (tertiary/aromatic N) is 3. The summed E-state index contributed by atoms with van der Waals surface area (Å²) in [6.45, 7) is 8.63. The molecule has 1 saturated heterocycles. The maximum absolute atomic E-state index is 10.1. The van der Waals surface area contributed by atoms with Crippen LogP contribution in [0.3, 0.4) is 0 Å². The number of aliphatic hydroxyl groups excluding tert-OH is 1. The number of fused-ring (bicyclic) bond motifs is 1. The van der Waals surface area contributed by atoms with Crippen LogP contribution in [0.1, 0.15) is 18.5 Å². The fourth-order valence-electron chi connectivity index (χ4n) is 3.30. The van der Waals surface area contributed by atoms with Gasteiger partial charge in [-0.3, -0.25) is 0 Å². The number of aliphatic hydroxyl groups is 1. The van der Waals surface area contributed by atoms with E-state index in [1.165, 1.54) is 12.8 Å². The van der Waals surface area contributed by atoms with Crippen LogP contribution >= 0.6 is 0 Å². The fraction of sp³-hybridized carbons (Fsp3) is 0.800. The average molecular weight is 293 g/mol. The molecule has 1 fully saturated rings.